The number of aryl methyl sites for hydroxylation is 1. The van der Waals surface area contributed by atoms with Gasteiger partial charge in [0.15, 0.2) is 0 Å². The average Bonchev–Trinajstić information content (AvgIpc) is 3.26. The second-order valence-electron chi connectivity index (χ2n) is 15.6. The van der Waals surface area contributed by atoms with Crippen molar-refractivity contribution in [2.75, 3.05) is 17.2 Å². The van der Waals surface area contributed by atoms with Crippen molar-refractivity contribution < 1.29 is 68.1 Å². The van der Waals surface area contributed by atoms with Gasteiger partial charge in [-0.15, -0.1) is 0 Å². The van der Waals surface area contributed by atoms with Crippen molar-refractivity contribution in [2.24, 2.45) is 11.5 Å². The highest BCUT2D eigenvalue weighted by Gasteiger charge is 2.33. The van der Waals surface area contributed by atoms with E-state index >= 15 is 0 Å². The van der Waals surface area contributed by atoms with Crippen LogP contribution in [0.3, 0.4) is 0 Å². The number of allylic oxidation sites excluding steroid dienone is 1. The molecular formula is C44H60N10O14. The lowest BCUT2D eigenvalue weighted by atomic mass is 10.0. The summed E-state index contributed by atoms with van der Waals surface area (Å²) in [6.45, 7) is 4.86. The van der Waals surface area contributed by atoms with Gasteiger partial charge in [0.05, 0.1) is 12.8 Å². The van der Waals surface area contributed by atoms with Crippen LogP contribution in [0.1, 0.15) is 82.8 Å². The van der Waals surface area contributed by atoms with Crippen LogP contribution in [0.15, 0.2) is 60.2 Å². The molecule has 24 heteroatoms. The molecule has 5 atom stereocenters. The molecule has 0 saturated heterocycles. The molecule has 24 nitrogen and oxygen atoms in total. The lowest BCUT2D eigenvalue weighted by Crippen LogP contribution is -2.59. The fraction of sp³-hybridized carbons (Fsp3) is 0.432. The Kier molecular flexibility index (Phi) is 23.7. The Balaban J connectivity index is 2.33. The number of hydrogen-bond acceptors (Lipinski definition) is 11. The number of rotatable bonds is 29. The minimum absolute atomic E-state index is 0.0209. The number of carbonyl (C=O) groups excluding carboxylic acids is 8. The van der Waals surface area contributed by atoms with E-state index in [0.29, 0.717) is 23.4 Å². The molecule has 0 aliphatic rings. The van der Waals surface area contributed by atoms with Crippen LogP contribution in [0.4, 0.5) is 21.0 Å². The van der Waals surface area contributed by atoms with Crippen LogP contribution in [0.25, 0.3) is 0 Å². The first-order valence-electron chi connectivity index (χ1n) is 21.4. The van der Waals surface area contributed by atoms with Gasteiger partial charge in [-0.25, -0.2) is 14.4 Å². The highest BCUT2D eigenvalue weighted by atomic mass is 16.4. The van der Waals surface area contributed by atoms with Crippen LogP contribution in [-0.4, -0.2) is 117 Å². The summed E-state index contributed by atoms with van der Waals surface area (Å²) in [6, 6.07) is 4.25. The van der Waals surface area contributed by atoms with Gasteiger partial charge in [-0.3, -0.25) is 38.4 Å². The summed E-state index contributed by atoms with van der Waals surface area (Å²) >= 11 is 0. The van der Waals surface area contributed by atoms with Crippen molar-refractivity contribution in [2.45, 2.75) is 115 Å². The van der Waals surface area contributed by atoms with Crippen LogP contribution in [0.2, 0.25) is 0 Å². The van der Waals surface area contributed by atoms with E-state index in [1.165, 1.54) is 19.9 Å². The lowest BCUT2D eigenvalue weighted by molar-refractivity contribution is -0.147. The zero-order chi connectivity index (χ0) is 50.9. The second-order valence-corrected chi connectivity index (χ2v) is 15.6. The Labute approximate surface area is 391 Å². The molecule has 0 spiro atoms. The van der Waals surface area contributed by atoms with Gasteiger partial charge in [0.1, 0.15) is 30.2 Å². The predicted molar refractivity (Wildman–Crippen MR) is 244 cm³/mol. The third-order valence-corrected chi connectivity index (χ3v) is 10.1. The Morgan fingerprint density at radius 3 is 1.76 bits per heavy atom. The largest absolute Gasteiger partial charge is 0.481 e. The number of urea groups is 2. The van der Waals surface area contributed by atoms with Gasteiger partial charge in [-0.2, -0.15) is 0 Å². The number of carboxylic acid groups (broad SMARTS) is 3. The molecule has 0 heterocycles. The van der Waals surface area contributed by atoms with E-state index in [2.05, 4.69) is 37.2 Å². The molecule has 0 bridgehead atoms. The Morgan fingerprint density at radius 1 is 0.632 bits per heavy atom. The summed E-state index contributed by atoms with van der Waals surface area (Å²) in [4.78, 5) is 138. The topological polar surface area (TPSA) is 397 Å². The number of para-hydroxylation sites is 1. The molecule has 2 aromatic carbocycles. The standard InChI is InChI=1S/C44H60N10O14/c1-4-24(2)37(41(64)52-32(42(65)66)23-36(59)60)54-40(63)31(19-20-33(45)55)51-39(62)30(13-9-14-35(57)58)50-38(61)29(12-7-8-21-47-43(46)67)49-34(56)22-26-15-17-27(18-16-26)48-44(68)53-28-11-6-5-10-25(28)3/h4-6,10-11,15-18,29-32,37H,7-9,12-14,19-23H2,1-3H3,(H2,45,55)(H,49,56)(H,50,61)(H,51,62)(H,52,64)(H,54,63)(H,57,58)(H,59,60)(H,65,66)(H3,46,47,67)(H2,48,53,68)/b24-4+/t29-,30-,31-,32-,37-/m0/s1. The Morgan fingerprint density at radius 2 is 1.21 bits per heavy atom. The quantitative estimate of drug-likeness (QED) is 0.0390. The normalized spacial score (nSPS) is 13.1. The maximum Gasteiger partial charge on any atom is 0.326 e. The number of nitrogens with one attached hydrogen (secondary N) is 8. The molecule has 0 aliphatic carbocycles. The third-order valence-electron chi connectivity index (χ3n) is 10.1. The van der Waals surface area contributed by atoms with Gasteiger partial charge in [0, 0.05) is 30.8 Å². The minimum atomic E-state index is -1.88. The second kappa shape index (κ2) is 28.8. The van der Waals surface area contributed by atoms with Gasteiger partial charge < -0.3 is 69.3 Å². The lowest BCUT2D eigenvalue weighted by Gasteiger charge is -2.27. The molecule has 0 saturated carbocycles. The van der Waals surface area contributed by atoms with Crippen molar-refractivity contribution >= 4 is 76.8 Å². The maximum absolute atomic E-state index is 14.0. The summed E-state index contributed by atoms with van der Waals surface area (Å²) in [7, 11) is 0. The van der Waals surface area contributed by atoms with Crippen molar-refractivity contribution in [3.8, 4) is 0 Å². The number of benzene rings is 2. The molecular weight excluding hydrogens is 893 g/mol. The summed E-state index contributed by atoms with van der Waals surface area (Å²) in [6.07, 6.45) is -1.12. The summed E-state index contributed by atoms with van der Waals surface area (Å²) < 4.78 is 0. The molecule has 2 aromatic rings. The summed E-state index contributed by atoms with van der Waals surface area (Å²) in [5, 5.41) is 47.7. The predicted octanol–water partition coefficient (Wildman–Crippen LogP) is 0.490. The van der Waals surface area contributed by atoms with E-state index in [0.717, 1.165) is 5.56 Å². The molecule has 0 radical (unpaired) electrons. The van der Waals surface area contributed by atoms with E-state index in [4.69, 9.17) is 16.6 Å². The number of hydrogen-bond donors (Lipinski definition) is 13. The van der Waals surface area contributed by atoms with Crippen LogP contribution in [0, 0.1) is 6.92 Å². The molecule has 0 aliphatic heterocycles. The van der Waals surface area contributed by atoms with Crippen molar-refractivity contribution in [3.05, 3.63) is 71.3 Å². The molecule has 15 N–H and O–H groups in total. The molecule has 68 heavy (non-hydrogen) atoms. The Hall–Kier alpha value is -8.05. The van der Waals surface area contributed by atoms with E-state index in [-0.39, 0.29) is 44.2 Å². The van der Waals surface area contributed by atoms with Crippen LogP contribution in [0.5, 0.6) is 0 Å². The van der Waals surface area contributed by atoms with Gasteiger partial charge in [-0.05, 0) is 94.2 Å². The number of unbranched alkanes of at least 4 members (excludes halogenated alkanes) is 1. The fourth-order valence-corrected chi connectivity index (χ4v) is 6.34. The summed E-state index contributed by atoms with van der Waals surface area (Å²) in [5.74, 6) is -10.1. The van der Waals surface area contributed by atoms with Crippen LogP contribution >= 0.6 is 0 Å². The maximum atomic E-state index is 14.0. The first-order valence-corrected chi connectivity index (χ1v) is 21.4. The van der Waals surface area contributed by atoms with E-state index in [1.54, 1.807) is 36.4 Å². The van der Waals surface area contributed by atoms with Gasteiger partial charge in [-0.1, -0.05) is 36.4 Å². The zero-order valence-electron chi connectivity index (χ0n) is 37.8. The zero-order valence-corrected chi connectivity index (χ0v) is 37.8. The fourth-order valence-electron chi connectivity index (χ4n) is 6.34. The highest BCUT2D eigenvalue weighted by Crippen LogP contribution is 2.16. The number of amides is 10. The number of carboxylic acids is 3. The SMILES string of the molecule is C/C=C(\C)[C@H](NC(=O)[C@H](CCC(N)=O)NC(=O)[C@H](CCCC(=O)O)NC(=O)[C@H](CCCCNC(N)=O)NC(=O)Cc1ccc(NC(=O)Nc2ccccc2C)cc1)C(=O)N[C@@H](CC(=O)O)C(=O)O. The number of aliphatic carboxylic acids is 3. The number of carbonyl (C=O) groups is 11. The Bertz CT molecular complexity index is 2180. The smallest absolute Gasteiger partial charge is 0.326 e. The van der Waals surface area contributed by atoms with Gasteiger partial charge in [0.25, 0.3) is 0 Å². The average molecular weight is 953 g/mol. The summed E-state index contributed by atoms with van der Waals surface area (Å²) in [5.41, 5.74) is 13.0. The molecule has 0 unspecified atom stereocenters. The van der Waals surface area contributed by atoms with Gasteiger partial charge in [0.2, 0.25) is 35.4 Å². The molecule has 10 amide bonds. The molecule has 0 aromatic heterocycles. The van der Waals surface area contributed by atoms with Crippen LogP contribution in [-0.2, 0) is 49.6 Å². The molecule has 370 valence electrons. The van der Waals surface area contributed by atoms with Crippen molar-refractivity contribution in [3.63, 3.8) is 0 Å². The van der Waals surface area contributed by atoms with E-state index < -0.39 is 121 Å². The first-order chi connectivity index (χ1) is 32.1. The third kappa shape index (κ3) is 21.3. The van der Waals surface area contributed by atoms with Crippen molar-refractivity contribution in [1.82, 2.24) is 31.9 Å². The molecule has 0 fully saturated rings. The van der Waals surface area contributed by atoms with E-state index in [9.17, 15) is 63.0 Å². The minimum Gasteiger partial charge on any atom is -0.481 e. The van der Waals surface area contributed by atoms with Crippen molar-refractivity contribution in [1.29, 1.82) is 0 Å². The first kappa shape index (κ1) is 56.1. The monoisotopic (exact) mass is 952 g/mol. The van der Waals surface area contributed by atoms with Crippen LogP contribution < -0.4 is 54.0 Å². The molecule has 2 rings (SSSR count). The van der Waals surface area contributed by atoms with Gasteiger partial charge >= 0.3 is 30.0 Å². The number of primary amides is 2. The number of nitrogens with two attached hydrogens (primary N) is 2. The number of anilines is 2. The van der Waals surface area contributed by atoms with E-state index in [1.807, 2.05) is 24.4 Å². The highest BCUT2D eigenvalue weighted by molar-refractivity contribution is 6.00.